The van der Waals surface area contributed by atoms with E-state index in [9.17, 15) is 13.2 Å². The van der Waals surface area contributed by atoms with Crippen LogP contribution in [0.3, 0.4) is 0 Å². The minimum absolute atomic E-state index is 0.0111. The number of hydrogen-bond acceptors (Lipinski definition) is 3. The van der Waals surface area contributed by atoms with Gasteiger partial charge in [-0.1, -0.05) is 34.9 Å². The van der Waals surface area contributed by atoms with Crippen LogP contribution in [-0.2, 0) is 6.18 Å². The normalized spacial score (nSPS) is 16.2. The van der Waals surface area contributed by atoms with Crippen LogP contribution in [0.1, 0.15) is 5.56 Å². The lowest BCUT2D eigenvalue weighted by atomic mass is 9.97. The Morgan fingerprint density at radius 2 is 2.00 bits per heavy atom. The molecule has 0 bridgehead atoms. The quantitative estimate of drug-likeness (QED) is 0.408. The monoisotopic (exact) mass is 369 g/mol. The van der Waals surface area contributed by atoms with Gasteiger partial charge in [0.1, 0.15) is 12.7 Å². The summed E-state index contributed by atoms with van der Waals surface area (Å²) in [4.78, 5) is 2.64. The summed E-state index contributed by atoms with van der Waals surface area (Å²) in [5.41, 5.74) is 7.57. The van der Waals surface area contributed by atoms with E-state index in [4.69, 9.17) is 26.6 Å². The third kappa shape index (κ3) is 3.45. The molecule has 1 atom stereocenters. The van der Waals surface area contributed by atoms with Crippen LogP contribution in [0.25, 0.3) is 21.6 Å². The average molecular weight is 370 g/mol. The van der Waals surface area contributed by atoms with Crippen molar-refractivity contribution in [2.75, 3.05) is 13.2 Å². The molecule has 0 unspecified atom stereocenters. The summed E-state index contributed by atoms with van der Waals surface area (Å²) in [5, 5.41) is 3.51. The Morgan fingerprint density at radius 3 is 2.72 bits per heavy atom. The maximum Gasteiger partial charge on any atom is 0.417 e. The molecular weight excluding hydrogens is 359 g/mol. The molecule has 0 spiro atoms. The first kappa shape index (κ1) is 17.3. The summed E-state index contributed by atoms with van der Waals surface area (Å²) in [6.07, 6.45) is -5.17. The van der Waals surface area contributed by atoms with Crippen molar-refractivity contribution in [1.29, 1.82) is 0 Å². The Hall–Kier alpha value is -2.57. The van der Waals surface area contributed by atoms with E-state index in [-0.39, 0.29) is 40.8 Å². The van der Waals surface area contributed by atoms with E-state index in [0.717, 1.165) is 6.07 Å². The fourth-order valence-corrected chi connectivity index (χ4v) is 2.82. The molecule has 3 rings (SSSR count). The molecule has 9 heteroatoms. The predicted molar refractivity (Wildman–Crippen MR) is 85.8 cm³/mol. The molecule has 5 nitrogen and oxygen atoms in total. The molecule has 0 saturated heterocycles. The highest BCUT2D eigenvalue weighted by Gasteiger charge is 2.36. The van der Waals surface area contributed by atoms with E-state index in [2.05, 4.69) is 10.0 Å². The fraction of sp³-hybridized carbons (Fsp3) is 0.250. The van der Waals surface area contributed by atoms with Crippen molar-refractivity contribution in [1.82, 2.24) is 0 Å². The van der Waals surface area contributed by atoms with Gasteiger partial charge in [0.25, 0.3) is 0 Å². The number of benzene rings is 2. The van der Waals surface area contributed by atoms with Gasteiger partial charge in [0, 0.05) is 10.5 Å². The second kappa shape index (κ2) is 6.74. The Labute approximate surface area is 145 Å². The van der Waals surface area contributed by atoms with E-state index >= 15 is 0 Å². The molecule has 130 valence electrons. The number of nitrogens with zero attached hydrogens (tertiary/aromatic N) is 3. The third-order valence-electron chi connectivity index (χ3n) is 3.63. The van der Waals surface area contributed by atoms with Crippen LogP contribution >= 0.6 is 11.6 Å². The van der Waals surface area contributed by atoms with Crippen molar-refractivity contribution in [3.8, 4) is 22.6 Å². The summed E-state index contributed by atoms with van der Waals surface area (Å²) in [6, 6.07) is 8.08. The molecule has 0 aliphatic carbocycles. The zero-order chi connectivity index (χ0) is 18.0. The standard InChI is InChI=1S/C16H11ClF3N3O2/c17-12-5-6-13-15(25-9(8-24-13)7-22-23-21)14(12)10-3-1-2-4-11(10)16(18,19)20/h1-6,9H,7-8H2/t9-/m0/s1. The maximum atomic E-state index is 13.4. The van der Waals surface area contributed by atoms with Gasteiger partial charge in [0.05, 0.1) is 17.1 Å². The van der Waals surface area contributed by atoms with Gasteiger partial charge in [-0.3, -0.25) is 0 Å². The maximum absolute atomic E-state index is 13.4. The van der Waals surface area contributed by atoms with Gasteiger partial charge in [0.15, 0.2) is 11.5 Å². The van der Waals surface area contributed by atoms with Gasteiger partial charge in [-0.25, -0.2) is 0 Å². The van der Waals surface area contributed by atoms with Crippen molar-refractivity contribution >= 4 is 11.6 Å². The Morgan fingerprint density at radius 1 is 1.24 bits per heavy atom. The van der Waals surface area contributed by atoms with Crippen molar-refractivity contribution < 1.29 is 22.6 Å². The summed E-state index contributed by atoms with van der Waals surface area (Å²) < 4.78 is 51.4. The molecule has 2 aromatic carbocycles. The van der Waals surface area contributed by atoms with Gasteiger partial charge >= 0.3 is 6.18 Å². The highest BCUT2D eigenvalue weighted by Crippen LogP contribution is 2.48. The van der Waals surface area contributed by atoms with Crippen molar-refractivity contribution in [3.05, 3.63) is 57.4 Å². The summed E-state index contributed by atoms with van der Waals surface area (Å²) in [6.45, 7) is 0.108. The number of halogens is 4. The van der Waals surface area contributed by atoms with E-state index in [0.29, 0.717) is 0 Å². The topological polar surface area (TPSA) is 67.2 Å². The lowest BCUT2D eigenvalue weighted by Gasteiger charge is -2.28. The summed E-state index contributed by atoms with van der Waals surface area (Å²) >= 11 is 6.18. The number of fused-ring (bicyclic) bond motifs is 1. The van der Waals surface area contributed by atoms with Crippen LogP contribution in [-0.4, -0.2) is 19.3 Å². The lowest BCUT2D eigenvalue weighted by molar-refractivity contribution is -0.137. The summed E-state index contributed by atoms with van der Waals surface area (Å²) in [7, 11) is 0. The largest absolute Gasteiger partial charge is 0.486 e. The fourth-order valence-electron chi connectivity index (χ4n) is 2.57. The van der Waals surface area contributed by atoms with Gasteiger partial charge in [-0.05, 0) is 29.3 Å². The SMILES string of the molecule is [N-]=[N+]=NC[C@H]1COc2ccc(Cl)c(-c3ccccc3C(F)(F)F)c2O1. The first-order valence-electron chi connectivity index (χ1n) is 7.21. The van der Waals surface area contributed by atoms with Crippen LogP contribution in [0, 0.1) is 0 Å². The van der Waals surface area contributed by atoms with Gasteiger partial charge in [-0.15, -0.1) is 0 Å². The highest BCUT2D eigenvalue weighted by atomic mass is 35.5. The molecule has 0 saturated carbocycles. The second-order valence-electron chi connectivity index (χ2n) is 5.26. The van der Waals surface area contributed by atoms with Crippen LogP contribution in [0.15, 0.2) is 41.5 Å². The van der Waals surface area contributed by atoms with Crippen LogP contribution in [0.5, 0.6) is 11.5 Å². The molecule has 1 aliphatic heterocycles. The zero-order valence-electron chi connectivity index (χ0n) is 12.6. The molecular formula is C16H11ClF3N3O2. The number of azide groups is 1. The Balaban J connectivity index is 2.15. The van der Waals surface area contributed by atoms with Crippen LogP contribution in [0.2, 0.25) is 5.02 Å². The van der Waals surface area contributed by atoms with E-state index in [1.54, 1.807) is 0 Å². The van der Waals surface area contributed by atoms with Crippen LogP contribution < -0.4 is 9.47 Å². The Bertz CT molecular complexity index is 851. The first-order chi connectivity index (χ1) is 11.9. The van der Waals surface area contributed by atoms with E-state index in [1.165, 1.54) is 30.3 Å². The Kier molecular flexibility index (Phi) is 4.65. The van der Waals surface area contributed by atoms with Gasteiger partial charge in [0.2, 0.25) is 0 Å². The smallest absolute Gasteiger partial charge is 0.417 e. The predicted octanol–water partition coefficient (Wildman–Crippen LogP) is 5.48. The second-order valence-corrected chi connectivity index (χ2v) is 5.66. The van der Waals surface area contributed by atoms with E-state index in [1.807, 2.05) is 0 Å². The zero-order valence-corrected chi connectivity index (χ0v) is 13.4. The number of rotatable bonds is 3. The molecule has 0 N–H and O–H groups in total. The number of hydrogen-bond donors (Lipinski definition) is 0. The number of ether oxygens (including phenoxy) is 2. The molecule has 2 aromatic rings. The lowest BCUT2D eigenvalue weighted by Crippen LogP contribution is -2.31. The molecule has 0 fully saturated rings. The van der Waals surface area contributed by atoms with Crippen molar-refractivity contribution in [2.45, 2.75) is 12.3 Å². The molecule has 0 aromatic heterocycles. The minimum atomic E-state index is -4.55. The third-order valence-corrected chi connectivity index (χ3v) is 3.95. The molecule has 0 amide bonds. The molecule has 0 radical (unpaired) electrons. The van der Waals surface area contributed by atoms with Crippen molar-refractivity contribution in [3.63, 3.8) is 0 Å². The van der Waals surface area contributed by atoms with Crippen molar-refractivity contribution in [2.24, 2.45) is 5.11 Å². The van der Waals surface area contributed by atoms with E-state index < -0.39 is 17.8 Å². The highest BCUT2D eigenvalue weighted by molar-refractivity contribution is 6.34. The van der Waals surface area contributed by atoms with Gasteiger partial charge in [-0.2, -0.15) is 13.2 Å². The average Bonchev–Trinajstić information content (AvgIpc) is 2.59. The number of alkyl halides is 3. The molecule has 25 heavy (non-hydrogen) atoms. The minimum Gasteiger partial charge on any atom is -0.486 e. The molecule has 1 aliphatic rings. The summed E-state index contributed by atoms with van der Waals surface area (Å²) in [5.74, 6) is 0.391. The first-order valence-corrected chi connectivity index (χ1v) is 7.59. The van der Waals surface area contributed by atoms with Crippen LogP contribution in [0.4, 0.5) is 13.2 Å². The van der Waals surface area contributed by atoms with Gasteiger partial charge < -0.3 is 9.47 Å². The molecule has 1 heterocycles.